The predicted molar refractivity (Wildman–Crippen MR) is 149 cm³/mol. The standard InChI is InChI=1S/C30H41NO7/c1-7-8-9-12-21(3)24(32)17-15-20(2)14-16-23(5)28(34)27-25(33)19-26(38-29(27)35)22(4)13-10-11-18-31-30(36)37-6/h7-8,11-12,14,16,18-19,22,24,32-33H,9-10,13,15,17H2,1-6H3,(H,31,36)/b8-7+,18-11+,20-14-,21-12-,23-16+/t22-,24?/m1/s1. The number of ether oxygens (including phenoxy) is 1. The minimum Gasteiger partial charge on any atom is -0.507 e. The van der Waals surface area contributed by atoms with Crippen LogP contribution >= 0.6 is 0 Å². The summed E-state index contributed by atoms with van der Waals surface area (Å²) < 4.78 is 9.82. The molecule has 0 aliphatic carbocycles. The number of rotatable bonds is 14. The third-order valence-corrected chi connectivity index (χ3v) is 6.06. The van der Waals surface area contributed by atoms with Crippen LogP contribution in [0.3, 0.4) is 0 Å². The normalized spacial score (nSPS) is 14.7. The van der Waals surface area contributed by atoms with Crippen molar-refractivity contribution in [3.63, 3.8) is 0 Å². The molecule has 2 atom stereocenters. The third kappa shape index (κ3) is 11.2. The average molecular weight is 528 g/mol. The highest BCUT2D eigenvalue weighted by atomic mass is 16.5. The number of carbonyl (C=O) groups is 2. The lowest BCUT2D eigenvalue weighted by molar-refractivity contribution is 0.102. The van der Waals surface area contributed by atoms with Gasteiger partial charge in [-0.25, -0.2) is 9.59 Å². The lowest BCUT2D eigenvalue weighted by atomic mass is 9.99. The summed E-state index contributed by atoms with van der Waals surface area (Å²) in [5.41, 5.74) is 0.870. The predicted octanol–water partition coefficient (Wildman–Crippen LogP) is 6.23. The van der Waals surface area contributed by atoms with Crippen molar-refractivity contribution in [2.75, 3.05) is 7.11 Å². The van der Waals surface area contributed by atoms with Gasteiger partial charge in [0, 0.05) is 18.2 Å². The Morgan fingerprint density at radius 1 is 1.16 bits per heavy atom. The van der Waals surface area contributed by atoms with Gasteiger partial charge in [0.2, 0.25) is 0 Å². The fourth-order valence-corrected chi connectivity index (χ4v) is 3.45. The molecule has 1 unspecified atom stereocenters. The maximum Gasteiger partial charge on any atom is 0.410 e. The van der Waals surface area contributed by atoms with Crippen molar-refractivity contribution in [2.45, 2.75) is 78.7 Å². The highest BCUT2D eigenvalue weighted by molar-refractivity contribution is 6.09. The summed E-state index contributed by atoms with van der Waals surface area (Å²) in [5, 5.41) is 23.2. The fraction of sp³-hybridized carbons (Fsp3) is 0.433. The van der Waals surface area contributed by atoms with E-state index in [0.29, 0.717) is 25.7 Å². The van der Waals surface area contributed by atoms with Crippen LogP contribution in [0.4, 0.5) is 4.79 Å². The molecule has 8 nitrogen and oxygen atoms in total. The summed E-state index contributed by atoms with van der Waals surface area (Å²) in [4.78, 5) is 36.4. The first-order valence-electron chi connectivity index (χ1n) is 12.7. The maximum absolute atomic E-state index is 12.9. The number of aliphatic hydroxyl groups excluding tert-OH is 1. The Morgan fingerprint density at radius 2 is 1.87 bits per heavy atom. The minimum atomic E-state index is -0.892. The number of nitrogens with one attached hydrogen (secondary N) is 1. The fourth-order valence-electron chi connectivity index (χ4n) is 3.45. The molecule has 208 valence electrons. The van der Waals surface area contributed by atoms with E-state index >= 15 is 0 Å². The highest BCUT2D eigenvalue weighted by Gasteiger charge is 2.22. The second-order valence-electron chi connectivity index (χ2n) is 9.21. The summed E-state index contributed by atoms with van der Waals surface area (Å²) >= 11 is 0. The van der Waals surface area contributed by atoms with Crippen LogP contribution in [-0.4, -0.2) is 35.3 Å². The summed E-state index contributed by atoms with van der Waals surface area (Å²) in [7, 11) is 1.27. The molecular formula is C30H41NO7. The van der Waals surface area contributed by atoms with Gasteiger partial charge in [0.15, 0.2) is 5.78 Å². The zero-order valence-corrected chi connectivity index (χ0v) is 23.2. The van der Waals surface area contributed by atoms with Crippen LogP contribution in [0, 0.1) is 0 Å². The molecule has 3 N–H and O–H groups in total. The average Bonchev–Trinajstić information content (AvgIpc) is 2.89. The molecule has 0 saturated carbocycles. The number of hydrogen-bond donors (Lipinski definition) is 3. The zero-order chi connectivity index (χ0) is 28.7. The second kappa shape index (κ2) is 17.0. The molecule has 1 aromatic rings. The Labute approximate surface area is 225 Å². The first kappa shape index (κ1) is 32.4. The van der Waals surface area contributed by atoms with Gasteiger partial charge in [-0.2, -0.15) is 0 Å². The van der Waals surface area contributed by atoms with E-state index in [0.717, 1.165) is 17.6 Å². The van der Waals surface area contributed by atoms with E-state index in [-0.39, 0.29) is 17.3 Å². The van der Waals surface area contributed by atoms with E-state index in [1.165, 1.54) is 19.4 Å². The van der Waals surface area contributed by atoms with E-state index in [1.807, 2.05) is 45.9 Å². The smallest absolute Gasteiger partial charge is 0.410 e. The van der Waals surface area contributed by atoms with Gasteiger partial charge in [-0.05, 0) is 70.9 Å². The maximum atomic E-state index is 12.9. The Bertz CT molecular complexity index is 1150. The zero-order valence-electron chi connectivity index (χ0n) is 23.2. The monoisotopic (exact) mass is 527 g/mol. The van der Waals surface area contributed by atoms with Crippen molar-refractivity contribution in [3.05, 3.63) is 87.2 Å². The number of aliphatic hydroxyl groups is 1. The number of allylic oxidation sites excluding steroid dienone is 8. The molecule has 38 heavy (non-hydrogen) atoms. The van der Waals surface area contributed by atoms with Gasteiger partial charge >= 0.3 is 11.7 Å². The van der Waals surface area contributed by atoms with Crippen LogP contribution in [-0.2, 0) is 4.74 Å². The van der Waals surface area contributed by atoms with Gasteiger partial charge in [-0.1, -0.05) is 49.0 Å². The van der Waals surface area contributed by atoms with Crippen LogP contribution < -0.4 is 10.9 Å². The van der Waals surface area contributed by atoms with Gasteiger partial charge in [0.05, 0.1) is 13.2 Å². The molecule has 0 spiro atoms. The van der Waals surface area contributed by atoms with E-state index < -0.39 is 34.9 Å². The number of ketones is 1. The number of aromatic hydroxyl groups is 1. The van der Waals surface area contributed by atoms with Crippen molar-refractivity contribution in [2.24, 2.45) is 0 Å². The van der Waals surface area contributed by atoms with E-state index in [9.17, 15) is 24.6 Å². The largest absolute Gasteiger partial charge is 0.507 e. The van der Waals surface area contributed by atoms with Crippen LogP contribution in [0.5, 0.6) is 5.75 Å². The quantitative estimate of drug-likeness (QED) is 0.113. The molecule has 0 aliphatic heterocycles. The molecular weight excluding hydrogens is 486 g/mol. The van der Waals surface area contributed by atoms with Crippen LogP contribution in [0.2, 0.25) is 0 Å². The summed E-state index contributed by atoms with van der Waals surface area (Å²) in [5.74, 6) is -0.976. The molecule has 0 aromatic carbocycles. The summed E-state index contributed by atoms with van der Waals surface area (Å²) in [6, 6.07) is 1.30. The Hall–Kier alpha value is -3.65. The molecule has 1 heterocycles. The van der Waals surface area contributed by atoms with Crippen molar-refractivity contribution in [3.8, 4) is 5.75 Å². The highest BCUT2D eigenvalue weighted by Crippen LogP contribution is 2.26. The number of hydrogen-bond acceptors (Lipinski definition) is 7. The molecule has 1 aromatic heterocycles. The van der Waals surface area contributed by atoms with Crippen molar-refractivity contribution in [1.29, 1.82) is 0 Å². The van der Waals surface area contributed by atoms with Gasteiger partial charge in [0.25, 0.3) is 0 Å². The summed E-state index contributed by atoms with van der Waals surface area (Å²) in [6.07, 6.45) is 14.6. The van der Waals surface area contributed by atoms with Crippen LogP contribution in [0.15, 0.2) is 74.7 Å². The van der Waals surface area contributed by atoms with Crippen molar-refractivity contribution < 1.29 is 29.0 Å². The van der Waals surface area contributed by atoms with Crippen LogP contribution in [0.25, 0.3) is 0 Å². The van der Waals surface area contributed by atoms with Gasteiger partial charge < -0.3 is 19.4 Å². The Morgan fingerprint density at radius 3 is 2.50 bits per heavy atom. The SMILES string of the molecule is C/C=C/C/C=C(/C)C(O)CC/C(C)=C\C=C(/C)C(=O)c1c(O)cc([C@H](C)CC/C=C/NC(=O)OC)oc1=O. The molecule has 1 amide bonds. The van der Waals surface area contributed by atoms with Gasteiger partial charge in [0.1, 0.15) is 17.1 Å². The van der Waals surface area contributed by atoms with Gasteiger partial charge in [-0.15, -0.1) is 0 Å². The number of amides is 1. The van der Waals surface area contributed by atoms with Crippen LogP contribution in [0.1, 0.15) is 88.8 Å². The van der Waals surface area contributed by atoms with E-state index in [1.54, 1.807) is 25.2 Å². The van der Waals surface area contributed by atoms with E-state index in [2.05, 4.69) is 10.1 Å². The van der Waals surface area contributed by atoms with Crippen molar-refractivity contribution in [1.82, 2.24) is 5.32 Å². The molecule has 0 bridgehead atoms. The first-order chi connectivity index (χ1) is 18.0. The van der Waals surface area contributed by atoms with E-state index in [4.69, 9.17) is 4.42 Å². The Balaban J connectivity index is 2.82. The number of alkyl carbamates (subject to hydrolysis) is 1. The number of Topliss-reactive ketones (excluding diaryl/α,β-unsaturated/α-hetero) is 1. The minimum absolute atomic E-state index is 0.209. The number of carbonyl (C=O) groups excluding carboxylic acids is 2. The lowest BCUT2D eigenvalue weighted by Crippen LogP contribution is -2.17. The molecule has 1 rings (SSSR count). The second-order valence-corrected chi connectivity index (χ2v) is 9.21. The number of methoxy groups -OCH3 is 1. The van der Waals surface area contributed by atoms with Crippen molar-refractivity contribution >= 4 is 11.9 Å². The third-order valence-electron chi connectivity index (χ3n) is 6.06. The molecule has 8 heteroatoms. The topological polar surface area (TPSA) is 126 Å². The lowest BCUT2D eigenvalue weighted by Gasteiger charge is -2.11. The molecule has 0 radical (unpaired) electrons. The molecule has 0 fully saturated rings. The summed E-state index contributed by atoms with van der Waals surface area (Å²) in [6.45, 7) is 9.16. The molecule has 0 saturated heterocycles. The Kier molecular flexibility index (Phi) is 14.5. The first-order valence-corrected chi connectivity index (χ1v) is 12.7. The van der Waals surface area contributed by atoms with Gasteiger partial charge in [-0.3, -0.25) is 10.1 Å². The molecule has 0 aliphatic rings.